The van der Waals surface area contributed by atoms with Gasteiger partial charge in [0.25, 0.3) is 0 Å². The normalized spacial score (nSPS) is 11.1. The molecule has 2 nitrogen and oxygen atoms in total. The number of nitrogens with zero attached hydrogens (tertiary/aromatic N) is 2. The Kier molecular flexibility index (Phi) is 4.16. The molecule has 0 fully saturated rings. The largest absolute Gasteiger partial charge is 0.236 e. The Morgan fingerprint density at radius 1 is 1.21 bits per heavy atom. The number of aromatic nitrogens is 2. The minimum Gasteiger partial charge on any atom is -0.236 e. The first-order chi connectivity index (χ1) is 8.93. The molecule has 6 heteroatoms. The maximum atomic E-state index is 14.1. The second-order valence-electron chi connectivity index (χ2n) is 4.30. The van der Waals surface area contributed by atoms with Crippen LogP contribution in [0, 0.1) is 11.6 Å². The second-order valence-corrected chi connectivity index (χ2v) is 5.51. The molecule has 1 heterocycles. The van der Waals surface area contributed by atoms with E-state index in [0.29, 0.717) is 5.56 Å². The van der Waals surface area contributed by atoms with Crippen LogP contribution in [0.3, 0.4) is 0 Å². The van der Waals surface area contributed by atoms with E-state index >= 15 is 0 Å². The summed E-state index contributed by atoms with van der Waals surface area (Å²) < 4.78 is 28.2. The molecule has 19 heavy (non-hydrogen) atoms. The van der Waals surface area contributed by atoms with Gasteiger partial charge in [0.1, 0.15) is 23.1 Å². The SMILES string of the molecule is CC(C)c1c(Cl)ncnc1-c1c(F)ccc(Br)c1F. The van der Waals surface area contributed by atoms with Gasteiger partial charge < -0.3 is 0 Å². The Morgan fingerprint density at radius 3 is 2.53 bits per heavy atom. The lowest BCUT2D eigenvalue weighted by Crippen LogP contribution is -2.02. The summed E-state index contributed by atoms with van der Waals surface area (Å²) in [7, 11) is 0. The third-order valence-electron chi connectivity index (χ3n) is 2.69. The molecular weight excluding hydrogens is 338 g/mol. The van der Waals surface area contributed by atoms with Gasteiger partial charge in [-0.15, -0.1) is 0 Å². The van der Waals surface area contributed by atoms with Gasteiger partial charge in [0, 0.05) is 5.56 Å². The molecule has 0 N–H and O–H groups in total. The van der Waals surface area contributed by atoms with Gasteiger partial charge in [-0.2, -0.15) is 0 Å². The lowest BCUT2D eigenvalue weighted by molar-refractivity contribution is 0.583. The Hall–Kier alpha value is -1.07. The summed E-state index contributed by atoms with van der Waals surface area (Å²) >= 11 is 9.05. The van der Waals surface area contributed by atoms with Crippen LogP contribution in [0.1, 0.15) is 25.3 Å². The van der Waals surface area contributed by atoms with Crippen molar-refractivity contribution in [3.05, 3.63) is 45.3 Å². The average molecular weight is 348 g/mol. The van der Waals surface area contributed by atoms with Crippen LogP contribution in [0.15, 0.2) is 22.9 Å². The van der Waals surface area contributed by atoms with Gasteiger partial charge in [-0.25, -0.2) is 18.7 Å². The van der Waals surface area contributed by atoms with E-state index in [1.807, 2.05) is 13.8 Å². The molecule has 0 aliphatic heterocycles. The average Bonchev–Trinajstić information content (AvgIpc) is 2.34. The third-order valence-corrected chi connectivity index (χ3v) is 3.61. The summed E-state index contributed by atoms with van der Waals surface area (Å²) in [5.41, 5.74) is 0.522. The van der Waals surface area contributed by atoms with Crippen LogP contribution in [0.4, 0.5) is 8.78 Å². The van der Waals surface area contributed by atoms with Gasteiger partial charge in [0.2, 0.25) is 0 Å². The fourth-order valence-corrected chi connectivity index (χ4v) is 2.51. The van der Waals surface area contributed by atoms with Crippen molar-refractivity contribution >= 4 is 27.5 Å². The van der Waals surface area contributed by atoms with Crippen LogP contribution in [-0.2, 0) is 0 Å². The number of hydrogen-bond donors (Lipinski definition) is 0. The summed E-state index contributed by atoms with van der Waals surface area (Å²) in [6, 6.07) is 2.49. The van der Waals surface area contributed by atoms with Crippen LogP contribution in [0.2, 0.25) is 5.15 Å². The van der Waals surface area contributed by atoms with Gasteiger partial charge in [-0.1, -0.05) is 25.4 Å². The van der Waals surface area contributed by atoms with Crippen molar-refractivity contribution in [2.24, 2.45) is 0 Å². The Balaban J connectivity index is 2.80. The number of halogens is 4. The highest BCUT2D eigenvalue weighted by Gasteiger charge is 2.22. The first-order valence-electron chi connectivity index (χ1n) is 5.57. The number of hydrogen-bond acceptors (Lipinski definition) is 2. The van der Waals surface area contributed by atoms with Gasteiger partial charge >= 0.3 is 0 Å². The minimum absolute atomic E-state index is 0.0542. The van der Waals surface area contributed by atoms with Crippen molar-refractivity contribution in [3.8, 4) is 11.3 Å². The molecule has 0 saturated heterocycles. The topological polar surface area (TPSA) is 25.8 Å². The highest BCUT2D eigenvalue weighted by Crippen LogP contribution is 2.36. The lowest BCUT2D eigenvalue weighted by Gasteiger charge is -2.14. The van der Waals surface area contributed by atoms with E-state index < -0.39 is 11.6 Å². The Labute approximate surface area is 123 Å². The zero-order valence-electron chi connectivity index (χ0n) is 10.2. The summed E-state index contributed by atoms with van der Waals surface area (Å²) in [6.45, 7) is 3.73. The van der Waals surface area contributed by atoms with E-state index in [4.69, 9.17) is 11.6 Å². The van der Waals surface area contributed by atoms with Crippen LogP contribution in [0.25, 0.3) is 11.3 Å². The molecule has 100 valence electrons. The Bertz CT molecular complexity index is 632. The second kappa shape index (κ2) is 5.51. The fraction of sp³-hybridized carbons (Fsp3) is 0.231. The molecule has 0 atom stereocenters. The lowest BCUT2D eigenvalue weighted by atomic mass is 9.98. The molecule has 0 aliphatic rings. The zero-order chi connectivity index (χ0) is 14.2. The van der Waals surface area contributed by atoms with E-state index in [2.05, 4.69) is 25.9 Å². The maximum Gasteiger partial charge on any atom is 0.149 e. The smallest absolute Gasteiger partial charge is 0.149 e. The predicted octanol–water partition coefficient (Wildman–Crippen LogP) is 4.96. The van der Waals surface area contributed by atoms with Crippen molar-refractivity contribution in [3.63, 3.8) is 0 Å². The van der Waals surface area contributed by atoms with Gasteiger partial charge in [-0.05, 0) is 34.0 Å². The standard InChI is InChI=1S/C13H10BrClF2N2/c1-6(2)9-12(18-5-19-13(9)15)10-8(16)4-3-7(14)11(10)17/h3-6H,1-2H3. The third kappa shape index (κ3) is 2.62. The van der Waals surface area contributed by atoms with Crippen LogP contribution in [0.5, 0.6) is 0 Å². The highest BCUT2D eigenvalue weighted by atomic mass is 79.9. The molecule has 1 aromatic carbocycles. The molecule has 0 saturated carbocycles. The molecule has 0 unspecified atom stereocenters. The molecule has 0 bridgehead atoms. The van der Waals surface area contributed by atoms with Crippen molar-refractivity contribution < 1.29 is 8.78 Å². The van der Waals surface area contributed by atoms with Crippen LogP contribution < -0.4 is 0 Å². The first-order valence-corrected chi connectivity index (χ1v) is 6.74. The van der Waals surface area contributed by atoms with Crippen molar-refractivity contribution in [2.75, 3.05) is 0 Å². The molecular formula is C13H10BrClF2N2. The zero-order valence-corrected chi connectivity index (χ0v) is 12.6. The van der Waals surface area contributed by atoms with Crippen LogP contribution >= 0.6 is 27.5 Å². The van der Waals surface area contributed by atoms with Gasteiger partial charge in [-0.3, -0.25) is 0 Å². The molecule has 0 amide bonds. The molecule has 2 rings (SSSR count). The van der Waals surface area contributed by atoms with E-state index in [1.165, 1.54) is 18.5 Å². The molecule has 1 aromatic heterocycles. The van der Waals surface area contributed by atoms with E-state index in [-0.39, 0.29) is 26.8 Å². The Morgan fingerprint density at radius 2 is 1.89 bits per heavy atom. The summed E-state index contributed by atoms with van der Waals surface area (Å²) in [4.78, 5) is 7.86. The van der Waals surface area contributed by atoms with E-state index in [9.17, 15) is 8.78 Å². The number of rotatable bonds is 2. The summed E-state index contributed by atoms with van der Waals surface area (Å²) in [5, 5.41) is 0.207. The maximum absolute atomic E-state index is 14.1. The number of benzene rings is 1. The molecule has 0 radical (unpaired) electrons. The van der Waals surface area contributed by atoms with Crippen molar-refractivity contribution in [1.82, 2.24) is 9.97 Å². The molecule has 0 spiro atoms. The molecule has 2 aromatic rings. The van der Waals surface area contributed by atoms with Gasteiger partial charge in [0.15, 0.2) is 0 Å². The van der Waals surface area contributed by atoms with Gasteiger partial charge in [0.05, 0.1) is 15.7 Å². The monoisotopic (exact) mass is 346 g/mol. The van der Waals surface area contributed by atoms with E-state index in [1.54, 1.807) is 0 Å². The summed E-state index contributed by atoms with van der Waals surface area (Å²) in [5.74, 6) is -1.43. The molecule has 0 aliphatic carbocycles. The minimum atomic E-state index is -0.698. The first kappa shape index (κ1) is 14.3. The fourth-order valence-electron chi connectivity index (χ4n) is 1.83. The van der Waals surface area contributed by atoms with Crippen LogP contribution in [-0.4, -0.2) is 9.97 Å². The quantitative estimate of drug-likeness (QED) is 0.567. The van der Waals surface area contributed by atoms with Crippen molar-refractivity contribution in [1.29, 1.82) is 0 Å². The van der Waals surface area contributed by atoms with E-state index in [0.717, 1.165) is 0 Å². The predicted molar refractivity (Wildman–Crippen MR) is 74.2 cm³/mol. The summed E-state index contributed by atoms with van der Waals surface area (Å²) in [6.07, 6.45) is 1.20. The van der Waals surface area contributed by atoms with Crippen molar-refractivity contribution in [2.45, 2.75) is 19.8 Å². The highest BCUT2D eigenvalue weighted by molar-refractivity contribution is 9.10.